The van der Waals surface area contributed by atoms with Crippen LogP contribution in [0.4, 0.5) is 4.79 Å². The molecule has 0 aromatic rings. The molecule has 0 aromatic heterocycles. The van der Waals surface area contributed by atoms with Crippen LogP contribution < -0.4 is 16.0 Å². The summed E-state index contributed by atoms with van der Waals surface area (Å²) in [6.45, 7) is 6.18. The third kappa shape index (κ3) is 4.76. The van der Waals surface area contributed by atoms with E-state index in [9.17, 15) is 14.7 Å². The Hall–Kier alpha value is -1.14. The Kier molecular flexibility index (Phi) is 6.42. The molecule has 1 aliphatic carbocycles. The number of carbonyl (C=O) groups excluding carboxylic acids is 2. The molecule has 1 fully saturated rings. The molecule has 1 saturated carbocycles. The quantitative estimate of drug-likeness (QED) is 0.600. The molecule has 4 N–H and O–H groups in total. The minimum Gasteiger partial charge on any atom is -0.394 e. The van der Waals surface area contributed by atoms with Crippen molar-refractivity contribution in [3.63, 3.8) is 0 Å². The Morgan fingerprint density at radius 3 is 2.45 bits per heavy atom. The minimum absolute atomic E-state index is 0.0124. The number of hydrogen-bond donors (Lipinski definition) is 4. The number of carbonyl (C=O) groups is 2. The molecule has 1 unspecified atom stereocenters. The van der Waals surface area contributed by atoms with Gasteiger partial charge in [0.2, 0.25) is 5.91 Å². The summed E-state index contributed by atoms with van der Waals surface area (Å²) in [5.74, 6) is 0.290. The summed E-state index contributed by atoms with van der Waals surface area (Å²) in [7, 11) is 0. The maximum absolute atomic E-state index is 11.9. The molecular formula is C14H27N3O3. The molecule has 0 bridgehead atoms. The topological polar surface area (TPSA) is 90.5 Å². The van der Waals surface area contributed by atoms with Crippen LogP contribution in [-0.2, 0) is 4.79 Å². The molecule has 0 aromatic carbocycles. The van der Waals surface area contributed by atoms with Crippen molar-refractivity contribution in [1.82, 2.24) is 16.0 Å². The van der Waals surface area contributed by atoms with Gasteiger partial charge < -0.3 is 10.4 Å². The lowest BCUT2D eigenvalue weighted by Gasteiger charge is -2.40. The van der Waals surface area contributed by atoms with Crippen molar-refractivity contribution in [2.24, 2.45) is 5.92 Å². The highest BCUT2D eigenvalue weighted by molar-refractivity contribution is 5.96. The second-order valence-corrected chi connectivity index (χ2v) is 5.84. The van der Waals surface area contributed by atoms with Gasteiger partial charge in [-0.05, 0) is 45.4 Å². The van der Waals surface area contributed by atoms with E-state index in [1.165, 1.54) is 0 Å². The van der Waals surface area contributed by atoms with E-state index in [0.717, 1.165) is 25.7 Å². The standard InChI is InChI=1S/C14H27N3O3/c1-4-15-13(20)16-12(19)11(3)17-14(9-18)7-5-10(2)6-8-14/h10-11,17-18H,4-9H2,1-3H3,(H2,15,16,19,20). The van der Waals surface area contributed by atoms with Crippen LogP contribution in [0.5, 0.6) is 0 Å². The molecule has 0 radical (unpaired) electrons. The molecule has 3 amide bonds. The van der Waals surface area contributed by atoms with Gasteiger partial charge in [-0.15, -0.1) is 0 Å². The van der Waals surface area contributed by atoms with Crippen molar-refractivity contribution in [3.8, 4) is 0 Å². The maximum atomic E-state index is 11.9. The molecule has 1 atom stereocenters. The maximum Gasteiger partial charge on any atom is 0.321 e. The lowest BCUT2D eigenvalue weighted by molar-refractivity contribution is -0.122. The zero-order valence-electron chi connectivity index (χ0n) is 12.7. The molecule has 116 valence electrons. The molecule has 6 heteroatoms. The van der Waals surface area contributed by atoms with E-state index in [1.54, 1.807) is 13.8 Å². The van der Waals surface area contributed by atoms with Gasteiger partial charge in [0.25, 0.3) is 0 Å². The second-order valence-electron chi connectivity index (χ2n) is 5.84. The number of aliphatic hydroxyl groups excluding tert-OH is 1. The zero-order valence-corrected chi connectivity index (χ0v) is 12.7. The Morgan fingerprint density at radius 1 is 1.35 bits per heavy atom. The predicted molar refractivity (Wildman–Crippen MR) is 77.3 cm³/mol. The Balaban J connectivity index is 2.52. The van der Waals surface area contributed by atoms with E-state index < -0.39 is 17.6 Å². The fraction of sp³-hybridized carbons (Fsp3) is 0.857. The Labute approximate surface area is 120 Å². The highest BCUT2D eigenvalue weighted by atomic mass is 16.3. The molecular weight excluding hydrogens is 258 g/mol. The first-order valence-electron chi connectivity index (χ1n) is 7.39. The lowest BCUT2D eigenvalue weighted by Crippen LogP contribution is -2.58. The SMILES string of the molecule is CCNC(=O)NC(=O)C(C)NC1(CO)CCC(C)CC1. The van der Waals surface area contributed by atoms with Gasteiger partial charge >= 0.3 is 6.03 Å². The van der Waals surface area contributed by atoms with E-state index >= 15 is 0 Å². The van der Waals surface area contributed by atoms with Crippen LogP contribution in [0.1, 0.15) is 46.5 Å². The summed E-state index contributed by atoms with van der Waals surface area (Å²) >= 11 is 0. The summed E-state index contributed by atoms with van der Waals surface area (Å²) < 4.78 is 0. The zero-order chi connectivity index (χ0) is 15.2. The van der Waals surface area contributed by atoms with Crippen LogP contribution in [-0.4, -0.2) is 41.8 Å². The first-order valence-corrected chi connectivity index (χ1v) is 7.39. The van der Waals surface area contributed by atoms with Crippen LogP contribution in [0.25, 0.3) is 0 Å². The number of urea groups is 1. The van der Waals surface area contributed by atoms with Crippen molar-refractivity contribution >= 4 is 11.9 Å². The molecule has 20 heavy (non-hydrogen) atoms. The number of hydrogen-bond acceptors (Lipinski definition) is 4. The summed E-state index contributed by atoms with van der Waals surface area (Å²) in [4.78, 5) is 23.2. The molecule has 1 rings (SSSR count). The summed E-state index contributed by atoms with van der Waals surface area (Å²) in [5.41, 5.74) is -0.398. The predicted octanol–water partition coefficient (Wildman–Crippen LogP) is 0.751. The van der Waals surface area contributed by atoms with E-state index in [4.69, 9.17) is 0 Å². The third-order valence-corrected chi connectivity index (χ3v) is 4.02. The number of amides is 3. The molecule has 1 aliphatic rings. The molecule has 0 spiro atoms. The first kappa shape index (κ1) is 16.9. The van der Waals surface area contributed by atoms with Crippen LogP contribution in [0.2, 0.25) is 0 Å². The van der Waals surface area contributed by atoms with Gasteiger partial charge in [-0.3, -0.25) is 15.4 Å². The number of imide groups is 1. The normalized spacial score (nSPS) is 27.7. The van der Waals surface area contributed by atoms with Gasteiger partial charge in [-0.25, -0.2) is 4.79 Å². The van der Waals surface area contributed by atoms with Gasteiger partial charge in [0.05, 0.1) is 12.6 Å². The monoisotopic (exact) mass is 285 g/mol. The van der Waals surface area contributed by atoms with Gasteiger partial charge in [-0.2, -0.15) is 0 Å². The van der Waals surface area contributed by atoms with Crippen molar-refractivity contribution in [2.45, 2.75) is 58.0 Å². The molecule has 6 nitrogen and oxygen atoms in total. The van der Waals surface area contributed by atoms with Gasteiger partial charge in [0.15, 0.2) is 0 Å². The highest BCUT2D eigenvalue weighted by Crippen LogP contribution is 2.31. The minimum atomic E-state index is -0.516. The number of aliphatic hydroxyl groups is 1. The number of rotatable bonds is 5. The van der Waals surface area contributed by atoms with Crippen LogP contribution in [0, 0.1) is 5.92 Å². The van der Waals surface area contributed by atoms with Crippen molar-refractivity contribution in [2.75, 3.05) is 13.2 Å². The fourth-order valence-electron chi connectivity index (χ4n) is 2.61. The first-order chi connectivity index (χ1) is 9.42. The van der Waals surface area contributed by atoms with Gasteiger partial charge in [-0.1, -0.05) is 6.92 Å². The highest BCUT2D eigenvalue weighted by Gasteiger charge is 2.35. The smallest absolute Gasteiger partial charge is 0.321 e. The van der Waals surface area contributed by atoms with Crippen LogP contribution in [0.3, 0.4) is 0 Å². The number of nitrogens with one attached hydrogen (secondary N) is 3. The summed E-state index contributed by atoms with van der Waals surface area (Å²) in [5, 5.41) is 17.7. The Morgan fingerprint density at radius 2 is 1.95 bits per heavy atom. The van der Waals surface area contributed by atoms with Gasteiger partial charge in [0, 0.05) is 12.1 Å². The van der Waals surface area contributed by atoms with Crippen LogP contribution in [0.15, 0.2) is 0 Å². The van der Waals surface area contributed by atoms with E-state index in [2.05, 4.69) is 22.9 Å². The largest absolute Gasteiger partial charge is 0.394 e. The second kappa shape index (κ2) is 7.59. The summed E-state index contributed by atoms with van der Waals surface area (Å²) in [6.07, 6.45) is 3.78. The van der Waals surface area contributed by atoms with Crippen molar-refractivity contribution in [1.29, 1.82) is 0 Å². The van der Waals surface area contributed by atoms with Crippen LogP contribution >= 0.6 is 0 Å². The van der Waals surface area contributed by atoms with Crippen molar-refractivity contribution < 1.29 is 14.7 Å². The third-order valence-electron chi connectivity index (χ3n) is 4.02. The van der Waals surface area contributed by atoms with E-state index in [-0.39, 0.29) is 12.5 Å². The van der Waals surface area contributed by atoms with E-state index in [0.29, 0.717) is 12.5 Å². The molecule has 0 aliphatic heterocycles. The molecule has 0 saturated heterocycles. The average molecular weight is 285 g/mol. The average Bonchev–Trinajstić information content (AvgIpc) is 2.41. The Bertz CT molecular complexity index is 339. The molecule has 0 heterocycles. The van der Waals surface area contributed by atoms with Crippen molar-refractivity contribution in [3.05, 3.63) is 0 Å². The lowest BCUT2D eigenvalue weighted by atomic mass is 9.77. The summed E-state index contributed by atoms with van der Waals surface area (Å²) in [6, 6.07) is -1.00. The van der Waals surface area contributed by atoms with Gasteiger partial charge in [0.1, 0.15) is 0 Å². The van der Waals surface area contributed by atoms with E-state index in [1.807, 2.05) is 0 Å². The fourth-order valence-corrected chi connectivity index (χ4v) is 2.61.